The molecule has 1 N–H and O–H groups in total. The molecule has 1 fully saturated rings. The number of hydrogen-bond donors (Lipinski definition) is 1. The molecule has 1 aliphatic rings. The molecule has 1 heterocycles. The van der Waals surface area contributed by atoms with Gasteiger partial charge in [-0.15, -0.1) is 0 Å². The van der Waals surface area contributed by atoms with Gasteiger partial charge in [-0.2, -0.15) is 0 Å². The normalized spacial score (nSPS) is 21.3. The lowest BCUT2D eigenvalue weighted by atomic mass is 9.70. The molecule has 3 rings (SSSR count). The zero-order chi connectivity index (χ0) is 19.4. The van der Waals surface area contributed by atoms with Gasteiger partial charge in [0, 0.05) is 29.5 Å². The van der Waals surface area contributed by atoms with Crippen LogP contribution in [0, 0.1) is 5.82 Å². The third-order valence-corrected chi connectivity index (χ3v) is 6.23. The molecule has 2 aromatic rings. The van der Waals surface area contributed by atoms with Gasteiger partial charge in [-0.3, -0.25) is 4.79 Å². The molecule has 3 nitrogen and oxygen atoms in total. The summed E-state index contributed by atoms with van der Waals surface area (Å²) in [5.74, 6) is -0.197. The molecule has 144 valence electrons. The lowest BCUT2D eigenvalue weighted by molar-refractivity contribution is -0.139. The van der Waals surface area contributed by atoms with E-state index in [2.05, 4.69) is 35.0 Å². The Hall–Kier alpha value is -1.72. The Balaban J connectivity index is 1.85. The maximum atomic E-state index is 13.3. The van der Waals surface area contributed by atoms with Gasteiger partial charge in [-0.05, 0) is 54.7 Å². The molecule has 0 spiro atoms. The standard InChI is InChI=1S/C22H25BrFNO2/c1-2-20(16-3-7-18(23)8-4-16)25-13-11-22(12-14-26,15-21(25)27)17-5-9-19(24)10-6-17/h3-10,20,26H,2,11-15H2,1H3/t20-,22+/m1/s1. The van der Waals surface area contributed by atoms with Crippen LogP contribution >= 0.6 is 15.9 Å². The summed E-state index contributed by atoms with van der Waals surface area (Å²) in [5, 5.41) is 9.61. The number of benzene rings is 2. The molecule has 27 heavy (non-hydrogen) atoms. The van der Waals surface area contributed by atoms with E-state index >= 15 is 0 Å². The summed E-state index contributed by atoms with van der Waals surface area (Å²) in [5.41, 5.74) is 1.64. The highest BCUT2D eigenvalue weighted by Gasteiger charge is 2.41. The lowest BCUT2D eigenvalue weighted by Gasteiger charge is -2.44. The van der Waals surface area contributed by atoms with Gasteiger partial charge in [0.15, 0.2) is 0 Å². The summed E-state index contributed by atoms with van der Waals surface area (Å²) in [4.78, 5) is 15.1. The van der Waals surface area contributed by atoms with Gasteiger partial charge < -0.3 is 10.0 Å². The van der Waals surface area contributed by atoms with Crippen LogP contribution in [0.5, 0.6) is 0 Å². The van der Waals surface area contributed by atoms with E-state index in [0.717, 1.165) is 28.4 Å². The second kappa shape index (κ2) is 8.53. The summed E-state index contributed by atoms with van der Waals surface area (Å²) >= 11 is 3.46. The van der Waals surface area contributed by atoms with Crippen molar-refractivity contribution >= 4 is 21.8 Å². The van der Waals surface area contributed by atoms with Gasteiger partial charge in [0.25, 0.3) is 0 Å². The molecule has 0 saturated carbocycles. The minimum atomic E-state index is -0.423. The smallest absolute Gasteiger partial charge is 0.223 e. The molecule has 1 amide bonds. The number of carbonyl (C=O) groups excluding carboxylic acids is 1. The molecule has 2 aromatic carbocycles. The second-order valence-electron chi connectivity index (χ2n) is 7.25. The van der Waals surface area contributed by atoms with E-state index < -0.39 is 5.41 Å². The zero-order valence-electron chi connectivity index (χ0n) is 15.5. The zero-order valence-corrected chi connectivity index (χ0v) is 17.1. The van der Waals surface area contributed by atoms with Gasteiger partial charge in [0.1, 0.15) is 5.82 Å². The van der Waals surface area contributed by atoms with Crippen LogP contribution in [-0.2, 0) is 10.2 Å². The number of nitrogens with zero attached hydrogens (tertiary/aromatic N) is 1. The number of piperidine rings is 1. The first-order chi connectivity index (χ1) is 13.0. The van der Waals surface area contributed by atoms with E-state index in [-0.39, 0.29) is 24.4 Å². The molecule has 0 unspecified atom stereocenters. The summed E-state index contributed by atoms with van der Waals surface area (Å²) < 4.78 is 14.4. The molecule has 0 aromatic heterocycles. The quantitative estimate of drug-likeness (QED) is 0.697. The minimum absolute atomic E-state index is 0.00851. The maximum Gasteiger partial charge on any atom is 0.223 e. The average Bonchev–Trinajstić information content (AvgIpc) is 2.66. The van der Waals surface area contributed by atoms with Crippen molar-refractivity contribution < 1.29 is 14.3 Å². The van der Waals surface area contributed by atoms with Crippen LogP contribution in [0.3, 0.4) is 0 Å². The fraction of sp³-hybridized carbons (Fsp3) is 0.409. The van der Waals surface area contributed by atoms with E-state index in [4.69, 9.17) is 0 Å². The summed E-state index contributed by atoms with van der Waals surface area (Å²) in [7, 11) is 0. The molecular formula is C22H25BrFNO2. The Labute approximate surface area is 168 Å². The number of likely N-dealkylation sites (tertiary alicyclic amines) is 1. The van der Waals surface area contributed by atoms with Crippen LogP contribution < -0.4 is 0 Å². The Morgan fingerprint density at radius 3 is 2.41 bits per heavy atom. The van der Waals surface area contributed by atoms with E-state index in [0.29, 0.717) is 19.4 Å². The second-order valence-corrected chi connectivity index (χ2v) is 8.17. The van der Waals surface area contributed by atoms with Crippen LogP contribution in [0.15, 0.2) is 53.0 Å². The van der Waals surface area contributed by atoms with Crippen LogP contribution in [0.4, 0.5) is 4.39 Å². The topological polar surface area (TPSA) is 40.5 Å². The van der Waals surface area contributed by atoms with Crippen LogP contribution in [0.1, 0.15) is 49.8 Å². The van der Waals surface area contributed by atoms with Crippen molar-refractivity contribution in [3.63, 3.8) is 0 Å². The van der Waals surface area contributed by atoms with E-state index in [9.17, 15) is 14.3 Å². The highest BCUT2D eigenvalue weighted by Crippen LogP contribution is 2.41. The number of aliphatic hydroxyl groups is 1. The maximum absolute atomic E-state index is 13.3. The van der Waals surface area contributed by atoms with Gasteiger partial charge in [0.05, 0.1) is 6.04 Å². The molecule has 2 atom stereocenters. The number of halogens is 2. The molecule has 0 aliphatic carbocycles. The average molecular weight is 434 g/mol. The monoisotopic (exact) mass is 433 g/mol. The third-order valence-electron chi connectivity index (χ3n) is 5.71. The SMILES string of the molecule is CC[C@H](c1ccc(Br)cc1)N1CC[C@@](CCO)(c2ccc(F)cc2)CC1=O. The van der Waals surface area contributed by atoms with Crippen molar-refractivity contribution in [3.05, 3.63) is 69.9 Å². The fourth-order valence-corrected chi connectivity index (χ4v) is 4.48. The van der Waals surface area contributed by atoms with Gasteiger partial charge in [0.2, 0.25) is 5.91 Å². The molecule has 1 saturated heterocycles. The van der Waals surface area contributed by atoms with Gasteiger partial charge in [-0.1, -0.05) is 47.1 Å². The molecule has 0 bridgehead atoms. The number of carbonyl (C=O) groups is 1. The Morgan fingerprint density at radius 2 is 1.85 bits per heavy atom. The summed E-state index contributed by atoms with van der Waals surface area (Å²) in [6.45, 7) is 2.73. The van der Waals surface area contributed by atoms with Crippen molar-refractivity contribution in [2.24, 2.45) is 0 Å². The van der Waals surface area contributed by atoms with Crippen molar-refractivity contribution in [1.29, 1.82) is 0 Å². The van der Waals surface area contributed by atoms with Crippen LogP contribution in [0.25, 0.3) is 0 Å². The first-order valence-electron chi connectivity index (χ1n) is 9.41. The predicted octanol–water partition coefficient (Wildman–Crippen LogP) is 4.98. The fourth-order valence-electron chi connectivity index (χ4n) is 4.21. The van der Waals surface area contributed by atoms with Crippen molar-refractivity contribution in [3.8, 4) is 0 Å². The first kappa shape index (κ1) is 20.0. The van der Waals surface area contributed by atoms with Crippen molar-refractivity contribution in [2.75, 3.05) is 13.2 Å². The van der Waals surface area contributed by atoms with Crippen molar-refractivity contribution in [1.82, 2.24) is 4.90 Å². The molecule has 5 heteroatoms. The number of hydrogen-bond acceptors (Lipinski definition) is 2. The van der Waals surface area contributed by atoms with Gasteiger partial charge >= 0.3 is 0 Å². The molecule has 1 aliphatic heterocycles. The van der Waals surface area contributed by atoms with Crippen molar-refractivity contribution in [2.45, 2.75) is 44.1 Å². The first-order valence-corrected chi connectivity index (χ1v) is 10.2. The lowest BCUT2D eigenvalue weighted by Crippen LogP contribution is -2.48. The Morgan fingerprint density at radius 1 is 1.19 bits per heavy atom. The highest BCUT2D eigenvalue weighted by molar-refractivity contribution is 9.10. The number of amides is 1. The third kappa shape index (κ3) is 4.25. The number of aliphatic hydroxyl groups excluding tert-OH is 1. The largest absolute Gasteiger partial charge is 0.396 e. The van der Waals surface area contributed by atoms with Gasteiger partial charge in [-0.25, -0.2) is 4.39 Å². The summed E-state index contributed by atoms with van der Waals surface area (Å²) in [6, 6.07) is 14.5. The Bertz CT molecular complexity index is 778. The molecular weight excluding hydrogens is 409 g/mol. The minimum Gasteiger partial charge on any atom is -0.396 e. The van der Waals surface area contributed by atoms with Crippen LogP contribution in [-0.4, -0.2) is 29.1 Å². The molecule has 0 radical (unpaired) electrons. The van der Waals surface area contributed by atoms with E-state index in [1.807, 2.05) is 17.0 Å². The van der Waals surface area contributed by atoms with E-state index in [1.165, 1.54) is 12.1 Å². The highest BCUT2D eigenvalue weighted by atomic mass is 79.9. The number of rotatable bonds is 6. The van der Waals surface area contributed by atoms with Crippen LogP contribution in [0.2, 0.25) is 0 Å². The summed E-state index contributed by atoms with van der Waals surface area (Å²) in [6.07, 6.45) is 2.45. The van der Waals surface area contributed by atoms with E-state index in [1.54, 1.807) is 12.1 Å². The Kier molecular flexibility index (Phi) is 6.33. The predicted molar refractivity (Wildman–Crippen MR) is 108 cm³/mol.